The second-order valence-corrected chi connectivity index (χ2v) is 5.26. The Bertz CT molecular complexity index is 368. The fourth-order valence-corrected chi connectivity index (χ4v) is 2.63. The molecule has 18 heavy (non-hydrogen) atoms. The highest BCUT2D eigenvalue weighted by Gasteiger charge is 2.18. The minimum absolute atomic E-state index is 0.445. The number of halogens is 1. The van der Waals surface area contributed by atoms with Gasteiger partial charge in [-0.3, -0.25) is 0 Å². The minimum atomic E-state index is 0.445. The van der Waals surface area contributed by atoms with Crippen LogP contribution in [-0.4, -0.2) is 35.6 Å². The number of pyridine rings is 1. The van der Waals surface area contributed by atoms with E-state index in [9.17, 15) is 0 Å². The molecule has 0 atom stereocenters. The molecule has 2 heterocycles. The summed E-state index contributed by atoms with van der Waals surface area (Å²) >= 11 is 5.89. The number of hydrogen-bond acceptors (Lipinski definition) is 4. The molecule has 1 fully saturated rings. The van der Waals surface area contributed by atoms with Gasteiger partial charge >= 0.3 is 0 Å². The lowest BCUT2D eigenvalue weighted by molar-refractivity contribution is 0.219. The first kappa shape index (κ1) is 13.4. The molecule has 4 nitrogen and oxygen atoms in total. The van der Waals surface area contributed by atoms with Crippen LogP contribution < -0.4 is 11.1 Å². The van der Waals surface area contributed by atoms with E-state index in [0.29, 0.717) is 16.9 Å². The number of nitrogen functional groups attached to an aromatic ring is 1. The van der Waals surface area contributed by atoms with Gasteiger partial charge in [-0.25, -0.2) is 4.98 Å². The normalized spacial score (nSPS) is 17.9. The lowest BCUT2D eigenvalue weighted by Crippen LogP contribution is -2.39. The van der Waals surface area contributed by atoms with Crippen molar-refractivity contribution in [2.24, 2.45) is 0 Å². The molecule has 1 aliphatic heterocycles. The van der Waals surface area contributed by atoms with Gasteiger partial charge in [0.1, 0.15) is 11.0 Å². The lowest BCUT2D eigenvalue weighted by Gasteiger charge is -2.32. The number of rotatable bonds is 4. The second kappa shape index (κ2) is 6.25. The first-order chi connectivity index (χ1) is 8.67. The van der Waals surface area contributed by atoms with E-state index in [1.54, 1.807) is 6.07 Å². The summed E-state index contributed by atoms with van der Waals surface area (Å²) in [5.41, 5.74) is 6.41. The first-order valence-corrected chi connectivity index (χ1v) is 6.97. The quantitative estimate of drug-likeness (QED) is 0.825. The van der Waals surface area contributed by atoms with E-state index in [2.05, 4.69) is 22.1 Å². The van der Waals surface area contributed by atoms with Gasteiger partial charge in [-0.1, -0.05) is 18.5 Å². The smallest absolute Gasteiger partial charge is 0.133 e. The third-order valence-electron chi connectivity index (χ3n) is 3.30. The fraction of sp³-hybridized carbons (Fsp3) is 0.615. The maximum Gasteiger partial charge on any atom is 0.133 e. The summed E-state index contributed by atoms with van der Waals surface area (Å²) in [4.78, 5) is 6.76. The van der Waals surface area contributed by atoms with Gasteiger partial charge in [0, 0.05) is 30.9 Å². The molecule has 1 saturated heterocycles. The van der Waals surface area contributed by atoms with Crippen molar-refractivity contribution in [3.05, 3.63) is 17.3 Å². The first-order valence-electron chi connectivity index (χ1n) is 6.59. The molecule has 0 radical (unpaired) electrons. The highest BCUT2D eigenvalue weighted by atomic mass is 35.5. The van der Waals surface area contributed by atoms with Crippen molar-refractivity contribution in [2.75, 3.05) is 30.7 Å². The molecule has 0 unspecified atom stereocenters. The Morgan fingerprint density at radius 1 is 1.44 bits per heavy atom. The molecule has 5 heteroatoms. The summed E-state index contributed by atoms with van der Waals surface area (Å²) in [5, 5.41) is 3.87. The molecular weight excluding hydrogens is 248 g/mol. The molecular formula is C13H21ClN4. The Morgan fingerprint density at radius 2 is 2.17 bits per heavy atom. The van der Waals surface area contributed by atoms with E-state index in [1.807, 2.05) is 6.07 Å². The molecule has 0 aromatic carbocycles. The second-order valence-electron chi connectivity index (χ2n) is 4.87. The van der Waals surface area contributed by atoms with E-state index in [4.69, 9.17) is 17.3 Å². The molecule has 1 aliphatic rings. The zero-order valence-corrected chi connectivity index (χ0v) is 11.6. The summed E-state index contributed by atoms with van der Waals surface area (Å²) in [7, 11) is 0. The zero-order chi connectivity index (χ0) is 13.0. The van der Waals surface area contributed by atoms with Crippen LogP contribution in [0.15, 0.2) is 12.1 Å². The lowest BCUT2D eigenvalue weighted by atomic mass is 10.0. The van der Waals surface area contributed by atoms with Gasteiger partial charge in [0.25, 0.3) is 0 Å². The topological polar surface area (TPSA) is 54.2 Å². The average molecular weight is 269 g/mol. The molecule has 0 amide bonds. The number of anilines is 2. The largest absolute Gasteiger partial charge is 0.399 e. The van der Waals surface area contributed by atoms with Gasteiger partial charge in [-0.15, -0.1) is 0 Å². The average Bonchev–Trinajstić information content (AvgIpc) is 2.31. The summed E-state index contributed by atoms with van der Waals surface area (Å²) in [6.07, 6.45) is 3.52. The van der Waals surface area contributed by atoms with E-state index >= 15 is 0 Å². The maximum absolute atomic E-state index is 5.89. The van der Waals surface area contributed by atoms with Crippen molar-refractivity contribution in [3.8, 4) is 0 Å². The Hall–Kier alpha value is -1.00. The molecule has 100 valence electrons. The monoisotopic (exact) mass is 268 g/mol. The summed E-state index contributed by atoms with van der Waals surface area (Å²) in [5.74, 6) is 0.786. The summed E-state index contributed by atoms with van der Waals surface area (Å²) in [6.45, 7) is 5.74. The predicted octanol–water partition coefficient (Wildman–Crippen LogP) is 2.60. The van der Waals surface area contributed by atoms with Crippen LogP contribution in [0.5, 0.6) is 0 Å². The maximum atomic E-state index is 5.89. The van der Waals surface area contributed by atoms with E-state index in [-0.39, 0.29) is 0 Å². The van der Waals surface area contributed by atoms with Gasteiger partial charge < -0.3 is 16.0 Å². The van der Waals surface area contributed by atoms with Gasteiger partial charge in [-0.05, 0) is 31.9 Å². The van der Waals surface area contributed by atoms with Crippen LogP contribution in [0.1, 0.15) is 26.2 Å². The zero-order valence-electron chi connectivity index (χ0n) is 10.8. The fourth-order valence-electron chi connectivity index (χ4n) is 2.42. The Labute approximate surface area is 114 Å². The third kappa shape index (κ3) is 3.75. The molecule has 0 bridgehead atoms. The molecule has 3 N–H and O–H groups in total. The number of likely N-dealkylation sites (tertiary alicyclic amines) is 1. The predicted molar refractivity (Wildman–Crippen MR) is 77.0 cm³/mol. The van der Waals surface area contributed by atoms with E-state index in [1.165, 1.54) is 13.0 Å². The van der Waals surface area contributed by atoms with Crippen LogP contribution in [0.25, 0.3) is 0 Å². The SMILES string of the molecule is CCCN1CCC(Nc2cc(N)cc(Cl)n2)CC1. The number of nitrogens with zero attached hydrogens (tertiary/aromatic N) is 2. The minimum Gasteiger partial charge on any atom is -0.399 e. The van der Waals surface area contributed by atoms with Crippen molar-refractivity contribution >= 4 is 23.1 Å². The summed E-state index contributed by atoms with van der Waals surface area (Å²) in [6, 6.07) is 3.98. The third-order valence-corrected chi connectivity index (χ3v) is 3.49. The molecule has 2 rings (SSSR count). The standard InChI is InChI=1S/C13H21ClN4/c1-2-5-18-6-3-11(4-7-18)16-13-9-10(15)8-12(14)17-13/h8-9,11H,2-7H2,1H3,(H3,15,16,17). The van der Waals surface area contributed by atoms with Crippen LogP contribution in [0.2, 0.25) is 5.15 Å². The van der Waals surface area contributed by atoms with Gasteiger partial charge in [-0.2, -0.15) is 0 Å². The van der Waals surface area contributed by atoms with Gasteiger partial charge in [0.15, 0.2) is 0 Å². The molecule has 0 saturated carbocycles. The Morgan fingerprint density at radius 3 is 2.78 bits per heavy atom. The number of nitrogens with one attached hydrogen (secondary N) is 1. The number of aromatic nitrogens is 1. The van der Waals surface area contributed by atoms with Crippen LogP contribution in [0, 0.1) is 0 Å². The summed E-state index contributed by atoms with van der Waals surface area (Å²) < 4.78 is 0. The number of piperidine rings is 1. The van der Waals surface area contributed by atoms with Crippen molar-refractivity contribution < 1.29 is 0 Å². The van der Waals surface area contributed by atoms with Crippen molar-refractivity contribution in [1.29, 1.82) is 0 Å². The van der Waals surface area contributed by atoms with Crippen molar-refractivity contribution in [2.45, 2.75) is 32.2 Å². The van der Waals surface area contributed by atoms with Crippen LogP contribution in [-0.2, 0) is 0 Å². The molecule has 0 aliphatic carbocycles. The van der Waals surface area contributed by atoms with Gasteiger partial charge in [0.2, 0.25) is 0 Å². The van der Waals surface area contributed by atoms with E-state index < -0.39 is 0 Å². The highest BCUT2D eigenvalue weighted by Crippen LogP contribution is 2.19. The van der Waals surface area contributed by atoms with Crippen LogP contribution in [0.3, 0.4) is 0 Å². The Kier molecular flexibility index (Phi) is 4.66. The number of hydrogen-bond donors (Lipinski definition) is 2. The molecule has 1 aromatic rings. The van der Waals surface area contributed by atoms with Crippen molar-refractivity contribution in [1.82, 2.24) is 9.88 Å². The van der Waals surface area contributed by atoms with Gasteiger partial charge in [0.05, 0.1) is 0 Å². The Balaban J connectivity index is 1.87. The molecule has 0 spiro atoms. The van der Waals surface area contributed by atoms with Crippen LogP contribution >= 0.6 is 11.6 Å². The van der Waals surface area contributed by atoms with Crippen LogP contribution in [0.4, 0.5) is 11.5 Å². The molecule has 1 aromatic heterocycles. The van der Waals surface area contributed by atoms with Crippen molar-refractivity contribution in [3.63, 3.8) is 0 Å². The number of nitrogens with two attached hydrogens (primary N) is 1. The van der Waals surface area contributed by atoms with E-state index in [0.717, 1.165) is 31.7 Å². The highest BCUT2D eigenvalue weighted by molar-refractivity contribution is 6.29.